The lowest BCUT2D eigenvalue weighted by atomic mass is 9.89. The van der Waals surface area contributed by atoms with Crippen molar-refractivity contribution < 1.29 is 13.2 Å². The number of likely N-dealkylation sites (tertiary alicyclic amines) is 1. The van der Waals surface area contributed by atoms with E-state index in [1.165, 1.54) is 5.56 Å². The fourth-order valence-electron chi connectivity index (χ4n) is 3.63. The Labute approximate surface area is 161 Å². The van der Waals surface area contributed by atoms with Crippen molar-refractivity contribution in [2.75, 3.05) is 25.4 Å². The van der Waals surface area contributed by atoms with Gasteiger partial charge in [-0.1, -0.05) is 48.0 Å². The van der Waals surface area contributed by atoms with E-state index in [0.717, 1.165) is 5.56 Å². The first-order valence-electron chi connectivity index (χ1n) is 9.23. The third-order valence-corrected chi connectivity index (χ3v) is 7.02. The van der Waals surface area contributed by atoms with Crippen LogP contribution in [0.25, 0.3) is 0 Å². The second kappa shape index (κ2) is 8.23. The molecule has 2 aromatic carbocycles. The summed E-state index contributed by atoms with van der Waals surface area (Å²) < 4.78 is 25.0. The molecular weight excluding hydrogens is 360 g/mol. The number of aryl methyl sites for hydroxylation is 1. The SMILES string of the molecule is Cc1ccc(S(=O)(=O)CCC(=O)N2C[C@@H](CN)[C@H](c3ccccc3)C2)cc1. The highest BCUT2D eigenvalue weighted by Crippen LogP contribution is 2.32. The second-order valence-electron chi connectivity index (χ2n) is 7.19. The van der Waals surface area contributed by atoms with E-state index in [2.05, 4.69) is 12.1 Å². The van der Waals surface area contributed by atoms with Crippen LogP contribution in [0, 0.1) is 12.8 Å². The third-order valence-electron chi connectivity index (χ3n) is 5.29. The van der Waals surface area contributed by atoms with Crippen LogP contribution in [0.3, 0.4) is 0 Å². The Morgan fingerprint density at radius 1 is 1.07 bits per heavy atom. The van der Waals surface area contributed by atoms with Crippen molar-refractivity contribution in [1.29, 1.82) is 0 Å². The van der Waals surface area contributed by atoms with Crippen molar-refractivity contribution >= 4 is 15.7 Å². The molecular formula is C21H26N2O3S. The van der Waals surface area contributed by atoms with Crippen molar-refractivity contribution in [3.8, 4) is 0 Å². The molecule has 0 saturated carbocycles. The van der Waals surface area contributed by atoms with Gasteiger partial charge in [0.1, 0.15) is 0 Å². The van der Waals surface area contributed by atoms with E-state index in [1.807, 2.05) is 25.1 Å². The summed E-state index contributed by atoms with van der Waals surface area (Å²) in [5.41, 5.74) is 8.10. The first-order valence-corrected chi connectivity index (χ1v) is 10.9. The molecule has 1 fully saturated rings. The summed E-state index contributed by atoms with van der Waals surface area (Å²) in [6.45, 7) is 3.59. The van der Waals surface area contributed by atoms with Gasteiger partial charge in [-0.2, -0.15) is 0 Å². The fraction of sp³-hybridized carbons (Fsp3) is 0.381. The molecule has 6 heteroatoms. The van der Waals surface area contributed by atoms with Crippen LogP contribution in [0.4, 0.5) is 0 Å². The molecule has 1 aliphatic rings. The standard InChI is InChI=1S/C21H26N2O3S/c1-16-7-9-19(10-8-16)27(25,26)12-11-21(24)23-14-18(13-22)20(15-23)17-5-3-2-4-6-17/h2-10,18,20H,11-15,22H2,1H3/t18-,20+/m1/s1. The lowest BCUT2D eigenvalue weighted by Crippen LogP contribution is -2.31. The van der Waals surface area contributed by atoms with Crippen LogP contribution in [0.2, 0.25) is 0 Å². The molecule has 27 heavy (non-hydrogen) atoms. The molecule has 0 unspecified atom stereocenters. The number of nitrogens with two attached hydrogens (primary N) is 1. The van der Waals surface area contributed by atoms with Gasteiger partial charge in [-0.05, 0) is 37.1 Å². The lowest BCUT2D eigenvalue weighted by Gasteiger charge is -2.17. The van der Waals surface area contributed by atoms with E-state index < -0.39 is 9.84 Å². The quantitative estimate of drug-likeness (QED) is 0.826. The van der Waals surface area contributed by atoms with Crippen LogP contribution in [-0.4, -0.2) is 44.6 Å². The molecule has 0 aliphatic carbocycles. The molecule has 144 valence electrons. The van der Waals surface area contributed by atoms with E-state index in [1.54, 1.807) is 29.2 Å². The average molecular weight is 387 g/mol. The smallest absolute Gasteiger partial charge is 0.223 e. The van der Waals surface area contributed by atoms with E-state index >= 15 is 0 Å². The second-order valence-corrected chi connectivity index (χ2v) is 9.30. The summed E-state index contributed by atoms with van der Waals surface area (Å²) in [7, 11) is -3.46. The van der Waals surface area contributed by atoms with Gasteiger partial charge < -0.3 is 10.6 Å². The van der Waals surface area contributed by atoms with Crippen molar-refractivity contribution in [2.24, 2.45) is 11.7 Å². The zero-order valence-corrected chi connectivity index (χ0v) is 16.4. The molecule has 2 aromatic rings. The van der Waals surface area contributed by atoms with Gasteiger partial charge in [0.05, 0.1) is 10.6 Å². The summed E-state index contributed by atoms with van der Waals surface area (Å²) in [5, 5.41) is 0. The monoisotopic (exact) mass is 386 g/mol. The first kappa shape index (κ1) is 19.6. The number of carbonyl (C=O) groups is 1. The molecule has 0 radical (unpaired) electrons. The maximum atomic E-state index is 12.6. The molecule has 1 saturated heterocycles. The van der Waals surface area contributed by atoms with Gasteiger partial charge >= 0.3 is 0 Å². The Balaban J connectivity index is 1.64. The van der Waals surface area contributed by atoms with Gasteiger partial charge in [0, 0.05) is 25.4 Å². The molecule has 1 heterocycles. The number of nitrogens with zero attached hydrogens (tertiary/aromatic N) is 1. The number of sulfone groups is 1. The summed E-state index contributed by atoms with van der Waals surface area (Å²) in [5.74, 6) is 0.107. The molecule has 0 spiro atoms. The first-order chi connectivity index (χ1) is 12.9. The zero-order chi connectivity index (χ0) is 19.4. The van der Waals surface area contributed by atoms with E-state index in [-0.39, 0.29) is 34.8 Å². The summed E-state index contributed by atoms with van der Waals surface area (Å²) in [6.07, 6.45) is -0.00495. The predicted molar refractivity (Wildman–Crippen MR) is 106 cm³/mol. The van der Waals surface area contributed by atoms with Gasteiger partial charge in [0.15, 0.2) is 9.84 Å². The number of hydrogen-bond acceptors (Lipinski definition) is 4. The number of carbonyl (C=O) groups excluding carboxylic acids is 1. The highest BCUT2D eigenvalue weighted by molar-refractivity contribution is 7.91. The van der Waals surface area contributed by atoms with Crippen molar-refractivity contribution in [3.63, 3.8) is 0 Å². The maximum absolute atomic E-state index is 12.6. The van der Waals surface area contributed by atoms with E-state index in [4.69, 9.17) is 5.73 Å². The van der Waals surface area contributed by atoms with Crippen LogP contribution in [0.5, 0.6) is 0 Å². The van der Waals surface area contributed by atoms with E-state index in [0.29, 0.717) is 19.6 Å². The van der Waals surface area contributed by atoms with Gasteiger partial charge in [-0.25, -0.2) is 8.42 Å². The highest BCUT2D eigenvalue weighted by atomic mass is 32.2. The van der Waals surface area contributed by atoms with Crippen LogP contribution < -0.4 is 5.73 Å². The topological polar surface area (TPSA) is 80.5 Å². The van der Waals surface area contributed by atoms with Gasteiger partial charge in [0.2, 0.25) is 5.91 Å². The molecule has 2 atom stereocenters. The van der Waals surface area contributed by atoms with Crippen LogP contribution in [0.1, 0.15) is 23.5 Å². The molecule has 5 nitrogen and oxygen atoms in total. The Hall–Kier alpha value is -2.18. The zero-order valence-electron chi connectivity index (χ0n) is 15.5. The minimum absolute atomic E-state index is 0.00495. The molecule has 2 N–H and O–H groups in total. The Morgan fingerprint density at radius 2 is 1.74 bits per heavy atom. The van der Waals surface area contributed by atoms with Crippen LogP contribution in [0.15, 0.2) is 59.5 Å². The van der Waals surface area contributed by atoms with Gasteiger partial charge in [-0.15, -0.1) is 0 Å². The van der Waals surface area contributed by atoms with Gasteiger partial charge in [0.25, 0.3) is 0 Å². The van der Waals surface area contributed by atoms with Crippen LogP contribution >= 0.6 is 0 Å². The molecule has 3 rings (SSSR count). The van der Waals surface area contributed by atoms with E-state index in [9.17, 15) is 13.2 Å². The number of benzene rings is 2. The van der Waals surface area contributed by atoms with Crippen molar-refractivity contribution in [3.05, 3.63) is 65.7 Å². The Bertz CT molecular complexity index is 879. The lowest BCUT2D eigenvalue weighted by molar-refractivity contribution is -0.129. The number of amides is 1. The highest BCUT2D eigenvalue weighted by Gasteiger charge is 2.35. The molecule has 0 bridgehead atoms. The minimum Gasteiger partial charge on any atom is -0.342 e. The van der Waals surface area contributed by atoms with Crippen LogP contribution in [-0.2, 0) is 14.6 Å². The summed E-state index contributed by atoms with van der Waals surface area (Å²) in [4.78, 5) is 14.7. The van der Waals surface area contributed by atoms with Gasteiger partial charge in [-0.3, -0.25) is 4.79 Å². The minimum atomic E-state index is -3.46. The normalized spacial score (nSPS) is 20.0. The Morgan fingerprint density at radius 3 is 2.37 bits per heavy atom. The van der Waals surface area contributed by atoms with Crippen molar-refractivity contribution in [1.82, 2.24) is 4.90 Å². The summed E-state index contributed by atoms with van der Waals surface area (Å²) >= 11 is 0. The molecule has 1 aliphatic heterocycles. The summed E-state index contributed by atoms with van der Waals surface area (Å²) in [6, 6.07) is 16.8. The average Bonchev–Trinajstić information content (AvgIpc) is 3.12. The largest absolute Gasteiger partial charge is 0.342 e. The third kappa shape index (κ3) is 4.57. The fourth-order valence-corrected chi connectivity index (χ4v) is 4.86. The molecule has 0 aromatic heterocycles. The number of rotatable bonds is 6. The number of hydrogen-bond donors (Lipinski definition) is 1. The van der Waals surface area contributed by atoms with Crippen molar-refractivity contribution in [2.45, 2.75) is 24.2 Å². The predicted octanol–water partition coefficient (Wildman–Crippen LogP) is 2.36. The maximum Gasteiger partial charge on any atom is 0.223 e. The Kier molecular flexibility index (Phi) is 5.97. The molecule has 1 amide bonds.